The van der Waals surface area contributed by atoms with E-state index in [-0.39, 0.29) is 5.91 Å². The molecular weight excluding hydrogens is 459 g/mol. The van der Waals surface area contributed by atoms with Gasteiger partial charge in [-0.3, -0.25) is 9.59 Å². The summed E-state index contributed by atoms with van der Waals surface area (Å²) in [5.41, 5.74) is 6.84. The van der Waals surface area contributed by atoms with Gasteiger partial charge in [-0.2, -0.15) is 0 Å². The zero-order valence-electron chi connectivity index (χ0n) is 11.6. The third-order valence-electron chi connectivity index (χ3n) is 3.06. The third-order valence-corrected chi connectivity index (χ3v) is 4.23. The number of carbonyl (C=O) groups excluding carboxylic acids is 2. The predicted molar refractivity (Wildman–Crippen MR) is 97.5 cm³/mol. The van der Waals surface area contributed by atoms with Crippen LogP contribution in [0.2, 0.25) is 0 Å². The first-order valence-electron chi connectivity index (χ1n) is 6.56. The van der Waals surface area contributed by atoms with E-state index < -0.39 is 11.9 Å². The monoisotopic (exact) mass is 472 g/mol. The molecule has 0 saturated heterocycles. The zero-order chi connectivity index (χ0) is 16.1. The summed E-state index contributed by atoms with van der Waals surface area (Å²) in [6.45, 7) is 0. The molecule has 0 fully saturated rings. The number of halogens is 2. The normalized spacial score (nSPS) is 11.7. The summed E-state index contributed by atoms with van der Waals surface area (Å²) >= 11 is 5.51. The molecule has 114 valence electrons. The fourth-order valence-corrected chi connectivity index (χ4v) is 3.00. The highest BCUT2D eigenvalue weighted by molar-refractivity contribution is 14.1. The topological polar surface area (TPSA) is 72.2 Å². The maximum atomic E-state index is 12.2. The first kappa shape index (κ1) is 17.0. The van der Waals surface area contributed by atoms with E-state index in [4.69, 9.17) is 5.73 Å². The van der Waals surface area contributed by atoms with Gasteiger partial charge in [0.1, 0.15) is 6.04 Å². The van der Waals surface area contributed by atoms with Crippen molar-refractivity contribution in [3.63, 3.8) is 0 Å². The number of primary amides is 1. The molecule has 2 aromatic carbocycles. The number of benzene rings is 2. The zero-order valence-corrected chi connectivity index (χ0v) is 15.3. The second-order valence-electron chi connectivity index (χ2n) is 4.77. The van der Waals surface area contributed by atoms with Crippen molar-refractivity contribution in [3.05, 3.63) is 67.7 Å². The van der Waals surface area contributed by atoms with Gasteiger partial charge < -0.3 is 11.1 Å². The van der Waals surface area contributed by atoms with E-state index in [1.807, 2.05) is 30.3 Å². The van der Waals surface area contributed by atoms with Gasteiger partial charge in [0.05, 0.1) is 0 Å². The summed E-state index contributed by atoms with van der Waals surface area (Å²) < 4.78 is 1.87. The Morgan fingerprint density at radius 1 is 1.18 bits per heavy atom. The summed E-state index contributed by atoms with van der Waals surface area (Å²) in [6.07, 6.45) is 0.367. The standard InChI is InChI=1S/C16H14BrIN2O2/c17-12-5-2-4-11(9-12)16(22)20-14(15(19)21)8-10-3-1-6-13(18)7-10/h1-7,9,14H,8H2,(H2,19,21)(H,20,22)/t14-/m0/s1. The van der Waals surface area contributed by atoms with Crippen molar-refractivity contribution < 1.29 is 9.59 Å². The van der Waals surface area contributed by atoms with Gasteiger partial charge >= 0.3 is 0 Å². The van der Waals surface area contributed by atoms with Crippen LogP contribution in [0.25, 0.3) is 0 Å². The highest BCUT2D eigenvalue weighted by Crippen LogP contribution is 2.13. The molecule has 22 heavy (non-hydrogen) atoms. The quantitative estimate of drug-likeness (QED) is 0.657. The summed E-state index contributed by atoms with van der Waals surface area (Å²) in [5, 5.41) is 2.69. The Balaban J connectivity index is 2.12. The average Bonchev–Trinajstić information content (AvgIpc) is 2.46. The molecule has 3 N–H and O–H groups in total. The van der Waals surface area contributed by atoms with Crippen molar-refractivity contribution in [2.75, 3.05) is 0 Å². The molecule has 2 aromatic rings. The van der Waals surface area contributed by atoms with Gasteiger partial charge in [-0.05, 0) is 58.5 Å². The fourth-order valence-electron chi connectivity index (χ4n) is 1.99. The van der Waals surface area contributed by atoms with Crippen LogP contribution in [0.1, 0.15) is 15.9 Å². The van der Waals surface area contributed by atoms with E-state index in [2.05, 4.69) is 43.8 Å². The summed E-state index contributed by atoms with van der Waals surface area (Å²) in [7, 11) is 0. The highest BCUT2D eigenvalue weighted by atomic mass is 127. The number of rotatable bonds is 5. The first-order valence-corrected chi connectivity index (χ1v) is 8.43. The first-order chi connectivity index (χ1) is 10.5. The number of carbonyl (C=O) groups is 2. The van der Waals surface area contributed by atoms with E-state index in [1.54, 1.807) is 18.2 Å². The highest BCUT2D eigenvalue weighted by Gasteiger charge is 2.19. The lowest BCUT2D eigenvalue weighted by Crippen LogP contribution is -2.45. The molecule has 0 heterocycles. The van der Waals surface area contributed by atoms with Crippen LogP contribution in [0, 0.1) is 3.57 Å². The number of amides is 2. The maximum Gasteiger partial charge on any atom is 0.251 e. The minimum Gasteiger partial charge on any atom is -0.368 e. The van der Waals surface area contributed by atoms with Crippen LogP contribution in [0.15, 0.2) is 53.0 Å². The predicted octanol–water partition coefficient (Wildman–Crippen LogP) is 2.88. The van der Waals surface area contributed by atoms with Crippen molar-refractivity contribution in [1.82, 2.24) is 5.32 Å². The minimum absolute atomic E-state index is 0.323. The van der Waals surface area contributed by atoms with Crippen molar-refractivity contribution in [2.24, 2.45) is 5.73 Å². The number of hydrogen-bond acceptors (Lipinski definition) is 2. The Kier molecular flexibility index (Phi) is 5.96. The van der Waals surface area contributed by atoms with E-state index >= 15 is 0 Å². The van der Waals surface area contributed by atoms with Crippen molar-refractivity contribution in [3.8, 4) is 0 Å². The second kappa shape index (κ2) is 7.73. The Bertz CT molecular complexity index is 706. The van der Waals surface area contributed by atoms with E-state index in [0.29, 0.717) is 12.0 Å². The smallest absolute Gasteiger partial charge is 0.251 e. The molecule has 0 unspecified atom stereocenters. The maximum absolute atomic E-state index is 12.2. The van der Waals surface area contributed by atoms with Gasteiger partial charge in [0.25, 0.3) is 5.91 Å². The molecule has 0 aliphatic carbocycles. The molecule has 0 spiro atoms. The number of nitrogens with two attached hydrogens (primary N) is 1. The second-order valence-corrected chi connectivity index (χ2v) is 6.93. The summed E-state index contributed by atoms with van der Waals surface area (Å²) in [4.78, 5) is 23.8. The molecule has 0 aliphatic rings. The van der Waals surface area contributed by atoms with Crippen LogP contribution in [0.3, 0.4) is 0 Å². The largest absolute Gasteiger partial charge is 0.368 e. The van der Waals surface area contributed by atoms with E-state index in [1.165, 1.54) is 0 Å². The molecule has 0 aliphatic heterocycles. The van der Waals surface area contributed by atoms with Crippen molar-refractivity contribution in [1.29, 1.82) is 0 Å². The molecule has 1 atom stereocenters. The van der Waals surface area contributed by atoms with Gasteiger partial charge in [0, 0.05) is 20.0 Å². The molecule has 6 heteroatoms. The molecule has 0 saturated carbocycles. The Morgan fingerprint density at radius 3 is 2.55 bits per heavy atom. The average molecular weight is 473 g/mol. The Labute approximate surface area is 150 Å². The molecule has 2 rings (SSSR count). The van der Waals surface area contributed by atoms with Crippen molar-refractivity contribution >= 4 is 50.3 Å². The van der Waals surface area contributed by atoms with Crippen LogP contribution in [0.4, 0.5) is 0 Å². The van der Waals surface area contributed by atoms with Crippen LogP contribution in [-0.4, -0.2) is 17.9 Å². The lowest BCUT2D eigenvalue weighted by Gasteiger charge is -2.16. The Hall–Kier alpha value is -1.41. The lowest BCUT2D eigenvalue weighted by atomic mass is 10.0. The van der Waals surface area contributed by atoms with Crippen molar-refractivity contribution in [2.45, 2.75) is 12.5 Å². The van der Waals surface area contributed by atoms with Gasteiger partial charge in [-0.1, -0.05) is 34.1 Å². The number of nitrogens with one attached hydrogen (secondary N) is 1. The summed E-state index contributed by atoms with van der Waals surface area (Å²) in [5.74, 6) is -0.877. The summed E-state index contributed by atoms with van der Waals surface area (Å²) in [6, 6.07) is 14.0. The number of hydrogen-bond donors (Lipinski definition) is 2. The van der Waals surface area contributed by atoms with E-state index in [0.717, 1.165) is 13.6 Å². The van der Waals surface area contributed by atoms with Crippen LogP contribution in [-0.2, 0) is 11.2 Å². The molecule has 0 aromatic heterocycles. The third kappa shape index (κ3) is 4.81. The molecule has 0 bridgehead atoms. The molecule has 4 nitrogen and oxygen atoms in total. The van der Waals surface area contributed by atoms with Crippen LogP contribution < -0.4 is 11.1 Å². The SMILES string of the molecule is NC(=O)[C@H](Cc1cccc(I)c1)NC(=O)c1cccc(Br)c1. The molecule has 2 amide bonds. The van der Waals surface area contributed by atoms with Gasteiger partial charge in [-0.25, -0.2) is 0 Å². The fraction of sp³-hybridized carbons (Fsp3) is 0.125. The molecule has 0 radical (unpaired) electrons. The Morgan fingerprint density at radius 2 is 1.91 bits per heavy atom. The van der Waals surface area contributed by atoms with E-state index in [9.17, 15) is 9.59 Å². The van der Waals surface area contributed by atoms with Gasteiger partial charge in [-0.15, -0.1) is 0 Å². The lowest BCUT2D eigenvalue weighted by molar-refractivity contribution is -0.119. The van der Waals surface area contributed by atoms with Gasteiger partial charge in [0.15, 0.2) is 0 Å². The van der Waals surface area contributed by atoms with Crippen LogP contribution >= 0.6 is 38.5 Å². The molecular formula is C16H14BrIN2O2. The van der Waals surface area contributed by atoms with Crippen LogP contribution in [0.5, 0.6) is 0 Å². The van der Waals surface area contributed by atoms with Gasteiger partial charge in [0.2, 0.25) is 5.91 Å². The minimum atomic E-state index is -0.746.